The van der Waals surface area contributed by atoms with E-state index in [1.807, 2.05) is 0 Å². The highest BCUT2D eigenvalue weighted by molar-refractivity contribution is 5.97. The zero-order valence-corrected chi connectivity index (χ0v) is 12.9. The molecule has 0 aliphatic carbocycles. The second kappa shape index (κ2) is 6.42. The molecule has 9 heteroatoms. The second-order valence-corrected chi connectivity index (χ2v) is 5.59. The lowest BCUT2D eigenvalue weighted by Gasteiger charge is -2.32. The number of likely N-dealkylation sites (tertiary alicyclic amines) is 1. The van der Waals surface area contributed by atoms with Crippen molar-refractivity contribution in [2.45, 2.75) is 18.8 Å². The van der Waals surface area contributed by atoms with Crippen LogP contribution in [-0.4, -0.2) is 46.2 Å². The van der Waals surface area contributed by atoms with Crippen LogP contribution in [0.1, 0.15) is 34.9 Å². The molecular weight excluding hydrogens is 322 g/mol. The van der Waals surface area contributed by atoms with Gasteiger partial charge in [0, 0.05) is 19.0 Å². The molecule has 1 aliphatic rings. The van der Waals surface area contributed by atoms with Crippen LogP contribution >= 0.6 is 0 Å². The third-order valence-corrected chi connectivity index (χ3v) is 4.09. The van der Waals surface area contributed by atoms with Crippen molar-refractivity contribution in [3.63, 3.8) is 0 Å². The van der Waals surface area contributed by atoms with Crippen LogP contribution in [0.25, 0.3) is 0 Å². The molecule has 0 radical (unpaired) electrons. The lowest BCUT2D eigenvalue weighted by Crippen LogP contribution is -2.40. The van der Waals surface area contributed by atoms with E-state index in [4.69, 9.17) is 4.74 Å². The van der Waals surface area contributed by atoms with Gasteiger partial charge in [0.15, 0.2) is 11.6 Å². The summed E-state index contributed by atoms with van der Waals surface area (Å²) in [5.41, 5.74) is -0.847. The van der Waals surface area contributed by atoms with Crippen LogP contribution in [0.3, 0.4) is 0 Å². The third kappa shape index (κ3) is 2.89. The SMILES string of the molecule is COc1c(F)ccc(F)c1C(=O)N1CCCC(c2n[nH]c(=O)[nH]2)C1. The Kier molecular flexibility index (Phi) is 4.32. The molecule has 3 rings (SSSR count). The maximum Gasteiger partial charge on any atom is 0.340 e. The number of amides is 1. The molecule has 0 saturated carbocycles. The molecule has 2 N–H and O–H groups in total. The summed E-state index contributed by atoms with van der Waals surface area (Å²) >= 11 is 0. The Morgan fingerprint density at radius 3 is 2.79 bits per heavy atom. The van der Waals surface area contributed by atoms with Crippen molar-refractivity contribution in [3.8, 4) is 5.75 Å². The number of H-pyrrole nitrogens is 2. The summed E-state index contributed by atoms with van der Waals surface area (Å²) < 4.78 is 32.7. The molecule has 2 aromatic rings. The fraction of sp³-hybridized carbons (Fsp3) is 0.400. The van der Waals surface area contributed by atoms with Crippen molar-refractivity contribution in [1.29, 1.82) is 0 Å². The molecule has 7 nitrogen and oxygen atoms in total. The Morgan fingerprint density at radius 1 is 1.38 bits per heavy atom. The van der Waals surface area contributed by atoms with Crippen LogP contribution in [0.5, 0.6) is 5.75 Å². The molecule has 1 amide bonds. The summed E-state index contributed by atoms with van der Waals surface area (Å²) in [6.07, 6.45) is 1.39. The number of hydrogen-bond acceptors (Lipinski definition) is 4. The number of aromatic amines is 2. The van der Waals surface area contributed by atoms with Gasteiger partial charge in [-0.2, -0.15) is 5.10 Å². The van der Waals surface area contributed by atoms with Crippen molar-refractivity contribution >= 4 is 5.91 Å². The number of rotatable bonds is 3. The van der Waals surface area contributed by atoms with E-state index < -0.39 is 34.5 Å². The first-order chi connectivity index (χ1) is 11.5. The van der Waals surface area contributed by atoms with Crippen molar-refractivity contribution in [2.24, 2.45) is 0 Å². The lowest BCUT2D eigenvalue weighted by molar-refractivity contribution is 0.0695. The van der Waals surface area contributed by atoms with Gasteiger partial charge < -0.3 is 9.64 Å². The average molecular weight is 338 g/mol. The zero-order valence-electron chi connectivity index (χ0n) is 12.9. The van der Waals surface area contributed by atoms with E-state index in [2.05, 4.69) is 15.2 Å². The Morgan fingerprint density at radius 2 is 2.12 bits per heavy atom. The van der Waals surface area contributed by atoms with Crippen LogP contribution < -0.4 is 10.4 Å². The maximum absolute atomic E-state index is 14.1. The number of carbonyl (C=O) groups is 1. The van der Waals surface area contributed by atoms with Crippen LogP contribution in [0.2, 0.25) is 0 Å². The number of benzene rings is 1. The molecule has 1 aliphatic heterocycles. The molecule has 0 spiro atoms. The first-order valence-corrected chi connectivity index (χ1v) is 7.47. The molecule has 1 aromatic carbocycles. The minimum Gasteiger partial charge on any atom is -0.493 e. The number of halogens is 2. The largest absolute Gasteiger partial charge is 0.493 e. The number of aromatic nitrogens is 3. The molecule has 1 atom stereocenters. The van der Waals surface area contributed by atoms with Crippen LogP contribution in [0, 0.1) is 11.6 Å². The summed E-state index contributed by atoms with van der Waals surface area (Å²) in [6.45, 7) is 0.655. The van der Waals surface area contributed by atoms with Gasteiger partial charge in [0.25, 0.3) is 5.91 Å². The normalized spacial score (nSPS) is 17.8. The Balaban J connectivity index is 1.88. The Bertz CT molecular complexity index is 817. The summed E-state index contributed by atoms with van der Waals surface area (Å²) in [5, 5.41) is 6.16. The molecule has 0 bridgehead atoms. The van der Waals surface area contributed by atoms with Gasteiger partial charge >= 0.3 is 5.69 Å². The van der Waals surface area contributed by atoms with E-state index >= 15 is 0 Å². The maximum atomic E-state index is 14.1. The van der Waals surface area contributed by atoms with E-state index in [1.165, 1.54) is 12.0 Å². The Hall–Kier alpha value is -2.71. The summed E-state index contributed by atoms with van der Waals surface area (Å²) in [7, 11) is 1.18. The fourth-order valence-corrected chi connectivity index (χ4v) is 2.95. The molecule has 128 valence electrons. The number of nitrogens with zero attached hydrogens (tertiary/aromatic N) is 2. The number of ether oxygens (including phenoxy) is 1. The molecule has 1 aromatic heterocycles. The van der Waals surface area contributed by atoms with Crippen LogP contribution in [0.15, 0.2) is 16.9 Å². The molecule has 1 fully saturated rings. The van der Waals surface area contributed by atoms with Gasteiger partial charge in [-0.1, -0.05) is 0 Å². The van der Waals surface area contributed by atoms with Gasteiger partial charge in [-0.25, -0.2) is 18.7 Å². The zero-order chi connectivity index (χ0) is 17.3. The molecular formula is C15H16F2N4O3. The summed E-state index contributed by atoms with van der Waals surface area (Å²) in [5.74, 6) is -2.42. The lowest BCUT2D eigenvalue weighted by atomic mass is 9.96. The van der Waals surface area contributed by atoms with E-state index in [9.17, 15) is 18.4 Å². The highest BCUT2D eigenvalue weighted by Gasteiger charge is 2.31. The van der Waals surface area contributed by atoms with Crippen LogP contribution in [-0.2, 0) is 0 Å². The van der Waals surface area contributed by atoms with Crippen LogP contribution in [0.4, 0.5) is 8.78 Å². The van der Waals surface area contributed by atoms with Gasteiger partial charge in [-0.3, -0.25) is 9.78 Å². The minimum atomic E-state index is -0.839. The van der Waals surface area contributed by atoms with Crippen molar-refractivity contribution < 1.29 is 18.3 Å². The number of nitrogens with one attached hydrogen (secondary N) is 2. The number of carbonyl (C=O) groups excluding carboxylic acids is 1. The molecule has 24 heavy (non-hydrogen) atoms. The standard InChI is InChI=1S/C15H16F2N4O3/c1-24-12-10(17)5-4-9(16)11(12)14(22)21-6-2-3-8(7-21)13-18-15(23)20-19-13/h4-5,8H,2-3,6-7H2,1H3,(H2,18,19,20,23). The van der Waals surface area contributed by atoms with E-state index in [1.54, 1.807) is 0 Å². The summed E-state index contributed by atoms with van der Waals surface area (Å²) in [4.78, 5) is 27.8. The number of hydrogen-bond donors (Lipinski definition) is 2. The Labute approximate surface area is 135 Å². The quantitative estimate of drug-likeness (QED) is 0.885. The first-order valence-electron chi connectivity index (χ1n) is 7.47. The van der Waals surface area contributed by atoms with Crippen molar-refractivity contribution in [1.82, 2.24) is 20.1 Å². The predicted octanol–water partition coefficient (Wildman–Crippen LogP) is 1.40. The second-order valence-electron chi connectivity index (χ2n) is 5.59. The minimum absolute atomic E-state index is 0.177. The monoisotopic (exact) mass is 338 g/mol. The van der Waals surface area contributed by atoms with E-state index in [-0.39, 0.29) is 12.5 Å². The third-order valence-electron chi connectivity index (χ3n) is 4.09. The smallest absolute Gasteiger partial charge is 0.340 e. The fourth-order valence-electron chi connectivity index (χ4n) is 2.95. The van der Waals surface area contributed by atoms with Gasteiger partial charge in [-0.05, 0) is 25.0 Å². The van der Waals surface area contributed by atoms with Crippen molar-refractivity contribution in [2.75, 3.05) is 20.2 Å². The van der Waals surface area contributed by atoms with Crippen molar-refractivity contribution in [3.05, 3.63) is 45.6 Å². The molecule has 1 unspecified atom stereocenters. The van der Waals surface area contributed by atoms with E-state index in [0.717, 1.165) is 18.6 Å². The predicted molar refractivity (Wildman–Crippen MR) is 80.0 cm³/mol. The molecule has 1 saturated heterocycles. The highest BCUT2D eigenvalue weighted by atomic mass is 19.1. The average Bonchev–Trinajstić information content (AvgIpc) is 3.02. The molecule has 2 heterocycles. The highest BCUT2D eigenvalue weighted by Crippen LogP contribution is 2.30. The number of piperidine rings is 1. The summed E-state index contributed by atoms with van der Waals surface area (Å²) in [6, 6.07) is 1.82. The number of methoxy groups -OCH3 is 1. The topological polar surface area (TPSA) is 91.1 Å². The van der Waals surface area contributed by atoms with E-state index in [0.29, 0.717) is 18.8 Å². The van der Waals surface area contributed by atoms with Gasteiger partial charge in [-0.15, -0.1) is 0 Å². The first kappa shape index (κ1) is 16.2. The van der Waals surface area contributed by atoms with Gasteiger partial charge in [0.1, 0.15) is 17.2 Å². The van der Waals surface area contributed by atoms with Gasteiger partial charge in [0.05, 0.1) is 7.11 Å². The van der Waals surface area contributed by atoms with Gasteiger partial charge in [0.2, 0.25) is 0 Å².